The Morgan fingerprint density at radius 3 is 2.29 bits per heavy atom. The third-order valence-corrected chi connectivity index (χ3v) is 4.02. The number of rotatable bonds is 6. The smallest absolute Gasteiger partial charge is 0.343 e. The van der Waals surface area contributed by atoms with Crippen LogP contribution >= 0.6 is 15.9 Å². The molecule has 7 nitrogen and oxygen atoms in total. The van der Waals surface area contributed by atoms with Crippen LogP contribution in [-0.2, 0) is 0 Å². The molecule has 0 atom stereocenters. The van der Waals surface area contributed by atoms with E-state index in [1.165, 1.54) is 12.3 Å². The normalized spacial score (nSPS) is 10.6. The Morgan fingerprint density at radius 2 is 1.68 bits per heavy atom. The number of nitrogens with one attached hydrogen (secondary N) is 1. The van der Waals surface area contributed by atoms with Crippen LogP contribution in [0.15, 0.2) is 74.9 Å². The van der Waals surface area contributed by atoms with E-state index in [4.69, 9.17) is 13.9 Å². The number of benzene rings is 2. The predicted octanol–water partition coefficient (Wildman–Crippen LogP) is 4.03. The maximum Gasteiger partial charge on any atom is 0.343 e. The van der Waals surface area contributed by atoms with Crippen LogP contribution in [0.5, 0.6) is 11.5 Å². The molecule has 0 aliphatic rings. The van der Waals surface area contributed by atoms with E-state index in [0.29, 0.717) is 27.3 Å². The molecule has 8 heteroatoms. The molecule has 0 radical (unpaired) electrons. The van der Waals surface area contributed by atoms with Gasteiger partial charge in [-0.25, -0.2) is 10.2 Å². The van der Waals surface area contributed by atoms with Crippen LogP contribution in [0, 0.1) is 0 Å². The number of carbonyl (C=O) groups excluding carboxylic acids is 2. The van der Waals surface area contributed by atoms with Gasteiger partial charge in [0.2, 0.25) is 0 Å². The van der Waals surface area contributed by atoms with Gasteiger partial charge in [-0.05, 0) is 82.2 Å². The van der Waals surface area contributed by atoms with Crippen molar-refractivity contribution in [2.24, 2.45) is 5.10 Å². The molecule has 1 heterocycles. The second-order valence-corrected chi connectivity index (χ2v) is 6.27. The number of methoxy groups -OCH3 is 1. The fourth-order valence-corrected chi connectivity index (χ4v) is 2.48. The molecular weight excluding hydrogens is 428 g/mol. The number of halogens is 1. The largest absolute Gasteiger partial charge is 0.497 e. The highest BCUT2D eigenvalue weighted by atomic mass is 79.9. The second-order valence-electron chi connectivity index (χ2n) is 5.49. The van der Waals surface area contributed by atoms with Gasteiger partial charge >= 0.3 is 11.9 Å². The summed E-state index contributed by atoms with van der Waals surface area (Å²) in [6.07, 6.45) is 1.46. The highest BCUT2D eigenvalue weighted by Gasteiger charge is 2.10. The van der Waals surface area contributed by atoms with Gasteiger partial charge in [-0.2, -0.15) is 5.10 Å². The Hall–Kier alpha value is -3.39. The molecule has 28 heavy (non-hydrogen) atoms. The molecule has 0 saturated carbocycles. The lowest BCUT2D eigenvalue weighted by molar-refractivity contribution is 0.0734. The zero-order chi connectivity index (χ0) is 19.9. The van der Waals surface area contributed by atoms with Crippen LogP contribution in [0.1, 0.15) is 26.5 Å². The van der Waals surface area contributed by atoms with Crippen molar-refractivity contribution in [2.45, 2.75) is 0 Å². The molecule has 0 spiro atoms. The average molecular weight is 443 g/mol. The van der Waals surface area contributed by atoms with Crippen molar-refractivity contribution in [3.05, 3.63) is 82.2 Å². The van der Waals surface area contributed by atoms with Crippen molar-refractivity contribution in [3.63, 3.8) is 0 Å². The zero-order valence-electron chi connectivity index (χ0n) is 14.7. The van der Waals surface area contributed by atoms with Gasteiger partial charge in [-0.3, -0.25) is 4.79 Å². The van der Waals surface area contributed by atoms with E-state index in [9.17, 15) is 9.59 Å². The first kappa shape index (κ1) is 19.4. The summed E-state index contributed by atoms with van der Waals surface area (Å²) < 4.78 is 16.0. The van der Waals surface area contributed by atoms with Gasteiger partial charge in [-0.15, -0.1) is 0 Å². The average Bonchev–Trinajstić information content (AvgIpc) is 3.16. The van der Waals surface area contributed by atoms with Crippen LogP contribution in [0.4, 0.5) is 0 Å². The Kier molecular flexibility index (Phi) is 6.23. The van der Waals surface area contributed by atoms with E-state index >= 15 is 0 Å². The third-order valence-electron chi connectivity index (χ3n) is 3.59. The second kappa shape index (κ2) is 9.01. The lowest BCUT2D eigenvalue weighted by atomic mass is 10.2. The van der Waals surface area contributed by atoms with Gasteiger partial charge in [0.1, 0.15) is 11.5 Å². The number of nitrogens with zero attached hydrogens (tertiary/aromatic N) is 1. The van der Waals surface area contributed by atoms with E-state index in [2.05, 4.69) is 26.5 Å². The number of carbonyl (C=O) groups is 2. The van der Waals surface area contributed by atoms with Gasteiger partial charge in [0.15, 0.2) is 10.4 Å². The first-order chi connectivity index (χ1) is 13.5. The summed E-state index contributed by atoms with van der Waals surface area (Å²) in [5.41, 5.74) is 3.49. The Balaban J connectivity index is 1.55. The molecule has 1 aromatic heterocycles. The molecule has 0 aliphatic heterocycles. The van der Waals surface area contributed by atoms with Crippen LogP contribution < -0.4 is 14.9 Å². The van der Waals surface area contributed by atoms with E-state index < -0.39 is 11.9 Å². The zero-order valence-corrected chi connectivity index (χ0v) is 16.3. The van der Waals surface area contributed by atoms with Crippen molar-refractivity contribution >= 4 is 34.0 Å². The van der Waals surface area contributed by atoms with Gasteiger partial charge in [0.05, 0.1) is 18.9 Å². The summed E-state index contributed by atoms with van der Waals surface area (Å²) >= 11 is 3.12. The van der Waals surface area contributed by atoms with Crippen LogP contribution in [0.2, 0.25) is 0 Å². The van der Waals surface area contributed by atoms with Crippen molar-refractivity contribution in [1.82, 2.24) is 5.43 Å². The molecule has 1 amide bonds. The quantitative estimate of drug-likeness (QED) is 0.269. The number of esters is 1. The van der Waals surface area contributed by atoms with Crippen LogP contribution in [0.3, 0.4) is 0 Å². The minimum atomic E-state index is -0.471. The van der Waals surface area contributed by atoms with Gasteiger partial charge in [0, 0.05) is 0 Å². The van der Waals surface area contributed by atoms with Gasteiger partial charge in [0.25, 0.3) is 0 Å². The number of hydrazone groups is 1. The minimum absolute atomic E-state index is 0.143. The summed E-state index contributed by atoms with van der Waals surface area (Å²) in [6, 6.07) is 16.4. The Morgan fingerprint density at radius 1 is 1.00 bits per heavy atom. The maximum absolute atomic E-state index is 12.1. The maximum atomic E-state index is 12.1. The van der Waals surface area contributed by atoms with Crippen molar-refractivity contribution in [3.8, 4) is 11.5 Å². The Labute approximate surface area is 169 Å². The molecule has 2 aromatic carbocycles. The number of ether oxygens (including phenoxy) is 2. The van der Waals surface area contributed by atoms with Crippen molar-refractivity contribution in [1.29, 1.82) is 0 Å². The molecule has 0 saturated heterocycles. The lowest BCUT2D eigenvalue weighted by Gasteiger charge is -2.05. The molecule has 142 valence electrons. The van der Waals surface area contributed by atoms with Gasteiger partial charge in [-0.1, -0.05) is 0 Å². The van der Waals surface area contributed by atoms with Crippen LogP contribution in [0.25, 0.3) is 0 Å². The highest BCUT2D eigenvalue weighted by molar-refractivity contribution is 9.10. The summed E-state index contributed by atoms with van der Waals surface area (Å²) in [6.45, 7) is 0. The number of hydrogen-bond donors (Lipinski definition) is 1. The predicted molar refractivity (Wildman–Crippen MR) is 106 cm³/mol. The highest BCUT2D eigenvalue weighted by Crippen LogP contribution is 2.16. The van der Waals surface area contributed by atoms with Crippen molar-refractivity contribution < 1.29 is 23.5 Å². The first-order valence-electron chi connectivity index (χ1n) is 8.10. The molecule has 3 rings (SSSR count). The van der Waals surface area contributed by atoms with E-state index in [0.717, 1.165) is 0 Å². The molecule has 1 N–H and O–H groups in total. The molecule has 0 unspecified atom stereocenters. The number of hydrogen-bond acceptors (Lipinski definition) is 6. The molecule has 0 aliphatic carbocycles. The van der Waals surface area contributed by atoms with Crippen LogP contribution in [-0.4, -0.2) is 25.2 Å². The van der Waals surface area contributed by atoms with E-state index in [-0.39, 0.29) is 5.76 Å². The molecule has 0 bridgehead atoms. The number of amides is 1. The fourth-order valence-electron chi connectivity index (χ4n) is 2.17. The molecule has 0 fully saturated rings. The molecular formula is C20H15BrN2O5. The summed E-state index contributed by atoms with van der Waals surface area (Å²) in [4.78, 5) is 23.9. The first-order valence-corrected chi connectivity index (χ1v) is 8.89. The van der Waals surface area contributed by atoms with Gasteiger partial charge < -0.3 is 13.9 Å². The molecule has 3 aromatic rings. The third kappa shape index (κ3) is 5.08. The van der Waals surface area contributed by atoms with E-state index in [1.54, 1.807) is 61.7 Å². The van der Waals surface area contributed by atoms with Crippen molar-refractivity contribution in [2.75, 3.05) is 7.11 Å². The SMILES string of the molecule is COc1ccc(C(=O)Oc2ccc(C=NNC(=O)c3ccc(Br)o3)cc2)cc1. The summed E-state index contributed by atoms with van der Waals surface area (Å²) in [7, 11) is 1.56. The summed E-state index contributed by atoms with van der Waals surface area (Å²) in [5.74, 6) is 0.257. The van der Waals surface area contributed by atoms with E-state index in [1.807, 2.05) is 0 Å². The minimum Gasteiger partial charge on any atom is -0.497 e. The lowest BCUT2D eigenvalue weighted by Crippen LogP contribution is -2.16. The topological polar surface area (TPSA) is 90.1 Å². The summed E-state index contributed by atoms with van der Waals surface area (Å²) in [5, 5.41) is 3.86. The monoisotopic (exact) mass is 442 g/mol. The Bertz CT molecular complexity index is 994. The number of furan rings is 1. The fraction of sp³-hybridized carbons (Fsp3) is 0.0500. The standard InChI is InChI=1S/C20H15BrN2O5/c1-26-15-8-4-14(5-9-15)20(25)27-16-6-2-13(3-7-16)12-22-23-19(24)17-10-11-18(21)28-17/h2-12H,1H3,(H,23,24).